The average molecular weight is 494 g/mol. The van der Waals surface area contributed by atoms with Crippen LogP contribution in [0.5, 0.6) is 5.75 Å². The maximum atomic E-state index is 13.6. The minimum Gasteiger partial charge on any atom is -0.496 e. The number of nitrogens with zero attached hydrogens (tertiary/aromatic N) is 2. The number of carbonyl (C=O) groups is 2. The van der Waals surface area contributed by atoms with Gasteiger partial charge in [0.25, 0.3) is 11.8 Å². The molecule has 2 amide bonds. The Morgan fingerprint density at radius 2 is 1.59 bits per heavy atom. The van der Waals surface area contributed by atoms with Gasteiger partial charge in [-0.3, -0.25) is 9.59 Å². The van der Waals surface area contributed by atoms with Crippen molar-refractivity contribution in [2.75, 3.05) is 23.1 Å². The summed E-state index contributed by atoms with van der Waals surface area (Å²) in [5, 5.41) is 13.7. The van der Waals surface area contributed by atoms with Crippen LogP contribution in [0.4, 0.5) is 17.2 Å². The smallest absolute Gasteiger partial charge is 0.261 e. The first-order valence-corrected chi connectivity index (χ1v) is 11.9. The number of aromatic nitrogens is 2. The predicted octanol–water partition coefficient (Wildman–Crippen LogP) is 5.38. The zero-order valence-electron chi connectivity index (χ0n) is 20.8. The average Bonchev–Trinajstić information content (AvgIpc) is 3.32. The molecule has 0 fully saturated rings. The second-order valence-electron chi connectivity index (χ2n) is 8.80. The number of aryl methyl sites for hydroxylation is 1. The Balaban J connectivity index is 1.57. The number of nitrogens with one attached hydrogen (secondary N) is 3. The van der Waals surface area contributed by atoms with Crippen LogP contribution < -0.4 is 20.7 Å². The highest BCUT2D eigenvalue weighted by atomic mass is 16.5. The van der Waals surface area contributed by atoms with E-state index in [1.807, 2.05) is 92.7 Å². The summed E-state index contributed by atoms with van der Waals surface area (Å²) in [5.41, 5.74) is 4.60. The van der Waals surface area contributed by atoms with Crippen molar-refractivity contribution < 1.29 is 14.3 Å². The van der Waals surface area contributed by atoms with E-state index in [2.05, 4.69) is 21.0 Å². The van der Waals surface area contributed by atoms with Crippen LogP contribution in [0, 0.1) is 6.92 Å². The van der Waals surface area contributed by atoms with Gasteiger partial charge in [-0.05, 0) is 49.7 Å². The second kappa shape index (κ2) is 10.0. The summed E-state index contributed by atoms with van der Waals surface area (Å²) in [5.74, 6) is 0.524. The Hall–Kier alpha value is -4.85. The number of rotatable bonds is 6. The van der Waals surface area contributed by atoms with Crippen molar-refractivity contribution in [2.45, 2.75) is 19.9 Å². The number of ether oxygens (including phenoxy) is 1. The minimum atomic E-state index is -0.628. The molecule has 37 heavy (non-hydrogen) atoms. The fourth-order valence-electron chi connectivity index (χ4n) is 4.54. The maximum Gasteiger partial charge on any atom is 0.261 e. The van der Waals surface area contributed by atoms with E-state index in [1.54, 1.807) is 11.8 Å². The van der Waals surface area contributed by atoms with E-state index in [0.717, 1.165) is 11.1 Å². The van der Waals surface area contributed by atoms with E-state index in [1.165, 1.54) is 6.20 Å². The van der Waals surface area contributed by atoms with Gasteiger partial charge in [-0.2, -0.15) is 5.10 Å². The van der Waals surface area contributed by atoms with Crippen LogP contribution >= 0.6 is 0 Å². The predicted molar refractivity (Wildman–Crippen MR) is 144 cm³/mol. The molecule has 4 aromatic rings. The summed E-state index contributed by atoms with van der Waals surface area (Å²) in [6, 6.07) is 23.7. The van der Waals surface area contributed by atoms with Crippen molar-refractivity contribution in [3.8, 4) is 5.75 Å². The third-order valence-electron chi connectivity index (χ3n) is 6.25. The molecule has 3 N–H and O–H groups in total. The quantitative estimate of drug-likeness (QED) is 0.335. The Labute approximate surface area is 215 Å². The first-order valence-electron chi connectivity index (χ1n) is 11.9. The SMILES string of the molecule is COc1ccccc1[C@H]1C(C(=O)Nc2ccccc2)=C(C)Nc2c(C(=O)Nc3cccc(C)c3)cnn21. The number of fused-ring (bicyclic) bond motifs is 1. The lowest BCUT2D eigenvalue weighted by Gasteiger charge is -2.31. The number of anilines is 3. The standard InChI is InChI=1S/C29H27N5O3/c1-18-10-9-13-21(16-18)33-28(35)23-17-30-34-26(22-14-7-8-15-24(22)37-3)25(19(2)31-27(23)34)29(36)32-20-11-5-4-6-12-20/h4-17,26,31H,1-3H3,(H,32,36)(H,33,35)/t26-/m0/s1. The number of para-hydroxylation sites is 2. The molecule has 3 aromatic carbocycles. The van der Waals surface area contributed by atoms with Gasteiger partial charge < -0.3 is 20.7 Å². The minimum absolute atomic E-state index is 0.279. The van der Waals surface area contributed by atoms with Crippen molar-refractivity contribution >= 4 is 29.0 Å². The molecule has 5 rings (SSSR count). The third kappa shape index (κ3) is 4.69. The fourth-order valence-corrected chi connectivity index (χ4v) is 4.54. The molecule has 1 aromatic heterocycles. The summed E-state index contributed by atoms with van der Waals surface area (Å²) in [7, 11) is 1.59. The zero-order valence-corrected chi connectivity index (χ0v) is 20.8. The van der Waals surface area contributed by atoms with Crippen molar-refractivity contribution in [1.29, 1.82) is 0 Å². The summed E-state index contributed by atoms with van der Waals surface area (Å²) < 4.78 is 7.31. The highest BCUT2D eigenvalue weighted by Crippen LogP contribution is 2.41. The van der Waals surface area contributed by atoms with Crippen molar-refractivity contribution in [2.24, 2.45) is 0 Å². The van der Waals surface area contributed by atoms with Gasteiger partial charge in [0.2, 0.25) is 0 Å². The van der Waals surface area contributed by atoms with E-state index in [-0.39, 0.29) is 11.8 Å². The van der Waals surface area contributed by atoms with Gasteiger partial charge in [0, 0.05) is 22.6 Å². The van der Waals surface area contributed by atoms with Gasteiger partial charge in [-0.25, -0.2) is 4.68 Å². The Morgan fingerprint density at radius 1 is 0.892 bits per heavy atom. The van der Waals surface area contributed by atoms with Gasteiger partial charge in [-0.1, -0.05) is 48.5 Å². The molecule has 8 heteroatoms. The van der Waals surface area contributed by atoms with Crippen molar-refractivity contribution in [3.63, 3.8) is 0 Å². The van der Waals surface area contributed by atoms with Crippen LogP contribution in [0.2, 0.25) is 0 Å². The molecule has 1 atom stereocenters. The van der Waals surface area contributed by atoms with Crippen LogP contribution in [-0.2, 0) is 4.79 Å². The number of hydrogen-bond donors (Lipinski definition) is 3. The highest BCUT2D eigenvalue weighted by Gasteiger charge is 2.36. The topological polar surface area (TPSA) is 97.3 Å². The molecule has 0 saturated heterocycles. The fraction of sp³-hybridized carbons (Fsp3) is 0.138. The first kappa shape index (κ1) is 23.9. The summed E-state index contributed by atoms with van der Waals surface area (Å²) in [6.07, 6.45) is 1.52. The van der Waals surface area contributed by atoms with Crippen LogP contribution in [0.1, 0.15) is 34.5 Å². The molecule has 2 heterocycles. The number of amides is 2. The number of allylic oxidation sites excluding steroid dienone is 1. The summed E-state index contributed by atoms with van der Waals surface area (Å²) in [6.45, 7) is 3.79. The number of carbonyl (C=O) groups excluding carboxylic acids is 2. The van der Waals surface area contributed by atoms with Crippen molar-refractivity contribution in [3.05, 3.63) is 113 Å². The van der Waals surface area contributed by atoms with Crippen LogP contribution in [0.15, 0.2) is 96.3 Å². The molecular weight excluding hydrogens is 466 g/mol. The van der Waals surface area contributed by atoms with Crippen LogP contribution in [-0.4, -0.2) is 28.7 Å². The third-order valence-corrected chi connectivity index (χ3v) is 6.25. The van der Waals surface area contributed by atoms with Crippen molar-refractivity contribution in [1.82, 2.24) is 9.78 Å². The monoisotopic (exact) mass is 493 g/mol. The van der Waals surface area contributed by atoms with Crippen LogP contribution in [0.3, 0.4) is 0 Å². The number of hydrogen-bond acceptors (Lipinski definition) is 5. The Kier molecular flexibility index (Phi) is 6.47. The first-order chi connectivity index (χ1) is 18.0. The molecule has 0 radical (unpaired) electrons. The van der Waals surface area contributed by atoms with E-state index in [4.69, 9.17) is 4.74 Å². The van der Waals surface area contributed by atoms with Gasteiger partial charge in [0.1, 0.15) is 23.2 Å². The Bertz CT molecular complexity index is 1510. The molecule has 0 unspecified atom stereocenters. The zero-order chi connectivity index (χ0) is 25.9. The van der Waals surface area contributed by atoms with Gasteiger partial charge >= 0.3 is 0 Å². The molecule has 1 aliphatic heterocycles. The second-order valence-corrected chi connectivity index (χ2v) is 8.80. The largest absolute Gasteiger partial charge is 0.496 e. The van der Waals surface area contributed by atoms with Gasteiger partial charge in [-0.15, -0.1) is 0 Å². The van der Waals surface area contributed by atoms with Crippen LogP contribution in [0.25, 0.3) is 0 Å². The van der Waals surface area contributed by atoms with E-state index in [9.17, 15) is 9.59 Å². The maximum absolute atomic E-state index is 13.6. The van der Waals surface area contributed by atoms with E-state index < -0.39 is 6.04 Å². The van der Waals surface area contributed by atoms with Gasteiger partial charge in [0.15, 0.2) is 0 Å². The molecule has 1 aliphatic rings. The summed E-state index contributed by atoms with van der Waals surface area (Å²) in [4.78, 5) is 26.9. The Morgan fingerprint density at radius 3 is 2.35 bits per heavy atom. The molecule has 0 spiro atoms. The lowest BCUT2D eigenvalue weighted by Crippen LogP contribution is -2.32. The molecular formula is C29H27N5O3. The number of benzene rings is 3. The molecule has 186 valence electrons. The number of methoxy groups -OCH3 is 1. The summed E-state index contributed by atoms with van der Waals surface area (Å²) >= 11 is 0. The lowest BCUT2D eigenvalue weighted by molar-refractivity contribution is -0.113. The molecule has 8 nitrogen and oxygen atoms in total. The molecule has 0 saturated carbocycles. The van der Waals surface area contributed by atoms with Gasteiger partial charge in [0.05, 0.1) is 18.9 Å². The normalized spacial score (nSPS) is 14.4. The lowest BCUT2D eigenvalue weighted by atomic mass is 9.93. The molecule has 0 aliphatic carbocycles. The van der Waals surface area contributed by atoms with E-state index >= 15 is 0 Å². The molecule has 0 bridgehead atoms. The highest BCUT2D eigenvalue weighted by molar-refractivity contribution is 6.09. The van der Waals surface area contributed by atoms with E-state index in [0.29, 0.717) is 39.8 Å².